The lowest BCUT2D eigenvalue weighted by atomic mass is 10.1. The Kier molecular flexibility index (Phi) is 3.06. The summed E-state index contributed by atoms with van der Waals surface area (Å²) < 4.78 is 0. The van der Waals surface area contributed by atoms with E-state index in [1.165, 1.54) is 0 Å². The normalized spacial score (nSPS) is 15.9. The van der Waals surface area contributed by atoms with Crippen molar-refractivity contribution in [3.05, 3.63) is 10.4 Å². The number of azide groups is 1. The molecule has 0 radical (unpaired) electrons. The van der Waals surface area contributed by atoms with E-state index in [0.717, 1.165) is 0 Å². The van der Waals surface area contributed by atoms with Gasteiger partial charge in [0.2, 0.25) is 0 Å². The van der Waals surface area contributed by atoms with E-state index < -0.39 is 5.60 Å². The van der Waals surface area contributed by atoms with Crippen LogP contribution in [0.5, 0.6) is 0 Å². The van der Waals surface area contributed by atoms with Gasteiger partial charge >= 0.3 is 0 Å². The van der Waals surface area contributed by atoms with Crippen LogP contribution in [0.2, 0.25) is 0 Å². The molecule has 0 saturated heterocycles. The summed E-state index contributed by atoms with van der Waals surface area (Å²) in [6.45, 7) is 3.63. The van der Waals surface area contributed by atoms with Crippen molar-refractivity contribution in [3.8, 4) is 0 Å². The Morgan fingerprint density at radius 2 is 2.33 bits per heavy atom. The molecule has 0 fully saturated rings. The molecule has 1 N–H and O–H groups in total. The van der Waals surface area contributed by atoms with Crippen molar-refractivity contribution in [3.63, 3.8) is 0 Å². The Hall–Kier alpha value is -0.730. The van der Waals surface area contributed by atoms with Crippen LogP contribution >= 0.6 is 0 Å². The van der Waals surface area contributed by atoms with Crippen LogP contribution in [0.4, 0.5) is 0 Å². The SMILES string of the molecule is CCC(C)(O)CN=[N+]=[N-]. The molecule has 0 spiro atoms. The lowest BCUT2D eigenvalue weighted by Crippen LogP contribution is -2.26. The molecule has 1 unspecified atom stereocenters. The van der Waals surface area contributed by atoms with Gasteiger partial charge in [-0.15, -0.1) is 0 Å². The predicted molar refractivity (Wildman–Crippen MR) is 34.9 cm³/mol. The van der Waals surface area contributed by atoms with Gasteiger partial charge in [-0.25, -0.2) is 0 Å². The second kappa shape index (κ2) is 3.33. The molecular weight excluding hydrogens is 118 g/mol. The highest BCUT2D eigenvalue weighted by molar-refractivity contribution is 4.72. The average molecular weight is 129 g/mol. The van der Waals surface area contributed by atoms with E-state index in [-0.39, 0.29) is 6.54 Å². The van der Waals surface area contributed by atoms with Crippen molar-refractivity contribution < 1.29 is 5.11 Å². The van der Waals surface area contributed by atoms with Crippen LogP contribution in [0.25, 0.3) is 10.4 Å². The molecule has 1 atom stereocenters. The minimum absolute atomic E-state index is 0.153. The van der Waals surface area contributed by atoms with Crippen molar-refractivity contribution in [2.24, 2.45) is 5.11 Å². The zero-order chi connectivity index (χ0) is 7.33. The average Bonchev–Trinajstić information content (AvgIpc) is 1.84. The summed E-state index contributed by atoms with van der Waals surface area (Å²) in [5.74, 6) is 0. The molecule has 0 aliphatic carbocycles. The van der Waals surface area contributed by atoms with Gasteiger partial charge < -0.3 is 5.11 Å². The van der Waals surface area contributed by atoms with Gasteiger partial charge in [-0.05, 0) is 18.9 Å². The lowest BCUT2D eigenvalue weighted by molar-refractivity contribution is 0.0654. The molecule has 0 aromatic heterocycles. The molecule has 4 nitrogen and oxygen atoms in total. The molecule has 0 amide bonds. The van der Waals surface area contributed by atoms with Crippen LogP contribution in [-0.2, 0) is 0 Å². The zero-order valence-electron chi connectivity index (χ0n) is 5.70. The summed E-state index contributed by atoms with van der Waals surface area (Å²) in [5, 5.41) is 12.4. The maximum Gasteiger partial charge on any atom is 0.0673 e. The molecule has 4 heteroatoms. The number of rotatable bonds is 3. The van der Waals surface area contributed by atoms with Crippen molar-refractivity contribution in [2.45, 2.75) is 25.9 Å². The van der Waals surface area contributed by atoms with Crippen LogP contribution < -0.4 is 0 Å². The van der Waals surface area contributed by atoms with Gasteiger partial charge in [0, 0.05) is 4.91 Å². The molecule has 0 aliphatic heterocycles. The predicted octanol–water partition coefficient (Wildman–Crippen LogP) is 1.46. The fourth-order valence-corrected chi connectivity index (χ4v) is 0.296. The van der Waals surface area contributed by atoms with E-state index in [2.05, 4.69) is 10.0 Å². The highest BCUT2D eigenvalue weighted by Gasteiger charge is 2.14. The largest absolute Gasteiger partial charge is 0.390 e. The number of nitrogens with zero attached hydrogens (tertiary/aromatic N) is 3. The summed E-state index contributed by atoms with van der Waals surface area (Å²) in [4.78, 5) is 2.53. The van der Waals surface area contributed by atoms with Crippen LogP contribution in [0.1, 0.15) is 20.3 Å². The second-order valence-electron chi connectivity index (χ2n) is 2.24. The molecule has 0 aliphatic rings. The van der Waals surface area contributed by atoms with Crippen LogP contribution in [0.15, 0.2) is 5.11 Å². The molecule has 9 heavy (non-hydrogen) atoms. The van der Waals surface area contributed by atoms with E-state index in [9.17, 15) is 5.11 Å². The highest BCUT2D eigenvalue weighted by atomic mass is 16.3. The van der Waals surface area contributed by atoms with Gasteiger partial charge in [0.1, 0.15) is 0 Å². The molecule has 0 rings (SSSR count). The molecule has 0 bridgehead atoms. The lowest BCUT2D eigenvalue weighted by Gasteiger charge is -2.16. The smallest absolute Gasteiger partial charge is 0.0673 e. The minimum Gasteiger partial charge on any atom is -0.390 e. The van der Waals surface area contributed by atoms with E-state index in [1.807, 2.05) is 6.92 Å². The Morgan fingerprint density at radius 1 is 1.78 bits per heavy atom. The first kappa shape index (κ1) is 8.27. The highest BCUT2D eigenvalue weighted by Crippen LogP contribution is 2.07. The molecule has 0 aromatic carbocycles. The Morgan fingerprint density at radius 3 is 2.67 bits per heavy atom. The maximum atomic E-state index is 9.19. The molecule has 52 valence electrons. The first-order chi connectivity index (χ1) is 4.12. The van der Waals surface area contributed by atoms with Crippen LogP contribution in [-0.4, -0.2) is 17.3 Å². The third kappa shape index (κ3) is 3.82. The third-order valence-electron chi connectivity index (χ3n) is 1.24. The summed E-state index contributed by atoms with van der Waals surface area (Å²) in [6.07, 6.45) is 0.603. The monoisotopic (exact) mass is 129 g/mol. The van der Waals surface area contributed by atoms with Crippen molar-refractivity contribution in [2.75, 3.05) is 6.54 Å². The molecule has 0 aromatic rings. The summed E-state index contributed by atoms with van der Waals surface area (Å²) in [6, 6.07) is 0. The van der Waals surface area contributed by atoms with Crippen LogP contribution in [0, 0.1) is 0 Å². The molecular formula is C5H11N3O. The quantitative estimate of drug-likeness (QED) is 0.350. The van der Waals surface area contributed by atoms with Gasteiger partial charge in [-0.1, -0.05) is 12.0 Å². The number of hydrogen-bond donors (Lipinski definition) is 1. The fourth-order valence-electron chi connectivity index (χ4n) is 0.296. The summed E-state index contributed by atoms with van der Waals surface area (Å²) in [5.41, 5.74) is 7.05. The van der Waals surface area contributed by atoms with E-state index in [0.29, 0.717) is 6.42 Å². The molecule has 0 heterocycles. The fraction of sp³-hybridized carbons (Fsp3) is 1.00. The van der Waals surface area contributed by atoms with Gasteiger partial charge in [0.25, 0.3) is 0 Å². The van der Waals surface area contributed by atoms with Crippen molar-refractivity contribution in [1.29, 1.82) is 0 Å². The Balaban J connectivity index is 3.71. The minimum atomic E-state index is -0.827. The van der Waals surface area contributed by atoms with E-state index >= 15 is 0 Å². The van der Waals surface area contributed by atoms with Crippen molar-refractivity contribution >= 4 is 0 Å². The van der Waals surface area contributed by atoms with Crippen molar-refractivity contribution in [1.82, 2.24) is 0 Å². The number of aliphatic hydroxyl groups is 1. The zero-order valence-corrected chi connectivity index (χ0v) is 5.70. The first-order valence-corrected chi connectivity index (χ1v) is 2.85. The van der Waals surface area contributed by atoms with Crippen LogP contribution in [0.3, 0.4) is 0 Å². The Labute approximate surface area is 54.1 Å². The van der Waals surface area contributed by atoms with Gasteiger partial charge in [0.05, 0.1) is 12.1 Å². The van der Waals surface area contributed by atoms with E-state index in [4.69, 9.17) is 5.53 Å². The van der Waals surface area contributed by atoms with E-state index in [1.54, 1.807) is 6.92 Å². The third-order valence-corrected chi connectivity index (χ3v) is 1.24. The molecule has 0 saturated carbocycles. The maximum absolute atomic E-state index is 9.19. The second-order valence-corrected chi connectivity index (χ2v) is 2.24. The summed E-state index contributed by atoms with van der Waals surface area (Å²) in [7, 11) is 0. The van der Waals surface area contributed by atoms with Gasteiger partial charge in [-0.2, -0.15) is 0 Å². The number of hydrogen-bond acceptors (Lipinski definition) is 2. The summed E-state index contributed by atoms with van der Waals surface area (Å²) >= 11 is 0. The van der Waals surface area contributed by atoms with Gasteiger partial charge in [0.15, 0.2) is 0 Å². The van der Waals surface area contributed by atoms with Gasteiger partial charge in [-0.3, -0.25) is 0 Å². The topological polar surface area (TPSA) is 69.0 Å². The Bertz CT molecular complexity index is 126. The standard InChI is InChI=1S/C5H11N3O/c1-3-5(2,9)4-7-8-6/h9H,3-4H2,1-2H3. The first-order valence-electron chi connectivity index (χ1n) is 2.85.